The molecule has 108 valence electrons. The van der Waals surface area contributed by atoms with Gasteiger partial charge in [-0.2, -0.15) is 17.0 Å². The number of hydrogen-bond acceptors (Lipinski definition) is 3. The van der Waals surface area contributed by atoms with Crippen LogP contribution in [-0.4, -0.2) is 30.2 Å². The van der Waals surface area contributed by atoms with Gasteiger partial charge in [-0.05, 0) is 17.7 Å². The number of benzene rings is 1. The van der Waals surface area contributed by atoms with E-state index < -0.39 is 0 Å². The maximum atomic E-state index is 11.7. The third kappa shape index (κ3) is 6.04. The number of amides is 1. The second kappa shape index (κ2) is 9.12. The van der Waals surface area contributed by atoms with Crippen molar-refractivity contribution in [2.24, 2.45) is 0 Å². The molecular formula is C14H16Cl2N2OS. The Hall–Kier alpha value is -0.890. The van der Waals surface area contributed by atoms with Crippen LogP contribution in [0, 0.1) is 11.3 Å². The van der Waals surface area contributed by atoms with Gasteiger partial charge in [-0.15, -0.1) is 0 Å². The average Bonchev–Trinajstić information content (AvgIpc) is 2.44. The fourth-order valence-corrected chi connectivity index (χ4v) is 2.71. The van der Waals surface area contributed by atoms with Crippen LogP contribution in [0.5, 0.6) is 0 Å². The SMILES string of the molecule is CN(CCC#N)C(=O)CCSCc1ccc(Cl)c(Cl)c1. The minimum atomic E-state index is 0.0712. The summed E-state index contributed by atoms with van der Waals surface area (Å²) < 4.78 is 0. The number of rotatable bonds is 7. The minimum absolute atomic E-state index is 0.0712. The van der Waals surface area contributed by atoms with E-state index in [4.69, 9.17) is 28.5 Å². The van der Waals surface area contributed by atoms with Gasteiger partial charge in [0.05, 0.1) is 22.5 Å². The van der Waals surface area contributed by atoms with Crippen molar-refractivity contribution in [3.63, 3.8) is 0 Å². The molecule has 0 aliphatic rings. The first-order chi connectivity index (χ1) is 9.54. The molecule has 0 aliphatic heterocycles. The third-order valence-corrected chi connectivity index (χ3v) is 4.47. The van der Waals surface area contributed by atoms with Gasteiger partial charge in [0.2, 0.25) is 5.91 Å². The molecule has 0 fully saturated rings. The lowest BCUT2D eigenvalue weighted by Gasteiger charge is -2.15. The highest BCUT2D eigenvalue weighted by molar-refractivity contribution is 7.98. The van der Waals surface area contributed by atoms with Gasteiger partial charge in [0.1, 0.15) is 0 Å². The van der Waals surface area contributed by atoms with Gasteiger partial charge in [-0.1, -0.05) is 29.3 Å². The topological polar surface area (TPSA) is 44.1 Å². The summed E-state index contributed by atoms with van der Waals surface area (Å²) in [6.45, 7) is 0.493. The molecule has 1 aromatic carbocycles. The Bertz CT molecular complexity index is 502. The fourth-order valence-electron chi connectivity index (χ4n) is 1.51. The van der Waals surface area contributed by atoms with Crippen LogP contribution in [0.1, 0.15) is 18.4 Å². The van der Waals surface area contributed by atoms with Crippen molar-refractivity contribution in [3.8, 4) is 6.07 Å². The van der Waals surface area contributed by atoms with Gasteiger partial charge in [-0.25, -0.2) is 0 Å². The molecule has 0 unspecified atom stereocenters. The number of halogens is 2. The Kier molecular flexibility index (Phi) is 7.83. The summed E-state index contributed by atoms with van der Waals surface area (Å²) in [7, 11) is 1.73. The highest BCUT2D eigenvalue weighted by Gasteiger charge is 2.08. The first kappa shape index (κ1) is 17.2. The monoisotopic (exact) mass is 330 g/mol. The molecule has 6 heteroatoms. The largest absolute Gasteiger partial charge is 0.345 e. The molecule has 20 heavy (non-hydrogen) atoms. The molecule has 0 saturated carbocycles. The van der Waals surface area contributed by atoms with E-state index in [2.05, 4.69) is 0 Å². The molecule has 0 atom stereocenters. The molecule has 0 saturated heterocycles. The molecule has 1 amide bonds. The lowest BCUT2D eigenvalue weighted by atomic mass is 10.2. The second-order valence-electron chi connectivity index (χ2n) is 4.27. The summed E-state index contributed by atoms with van der Waals surface area (Å²) in [5, 5.41) is 9.57. The van der Waals surface area contributed by atoms with E-state index in [-0.39, 0.29) is 5.91 Å². The number of nitriles is 1. The average molecular weight is 331 g/mol. The standard InChI is InChI=1S/C14H16Cl2N2OS/c1-18(7-2-6-17)14(19)5-8-20-10-11-3-4-12(15)13(16)9-11/h3-4,9H,2,5,7-8,10H2,1H3. The predicted octanol–water partition coefficient (Wildman–Crippen LogP) is 3.99. The Morgan fingerprint density at radius 2 is 2.15 bits per heavy atom. The van der Waals surface area contributed by atoms with E-state index in [0.717, 1.165) is 17.1 Å². The summed E-state index contributed by atoms with van der Waals surface area (Å²) in [6.07, 6.45) is 0.854. The molecule has 0 spiro atoms. The van der Waals surface area contributed by atoms with Gasteiger partial charge in [0.15, 0.2) is 0 Å². The van der Waals surface area contributed by atoms with Crippen LogP contribution < -0.4 is 0 Å². The lowest BCUT2D eigenvalue weighted by molar-refractivity contribution is -0.129. The number of carbonyl (C=O) groups excluding carboxylic acids is 1. The van der Waals surface area contributed by atoms with Crippen molar-refractivity contribution < 1.29 is 4.79 Å². The van der Waals surface area contributed by atoms with Crippen LogP contribution >= 0.6 is 35.0 Å². The summed E-state index contributed by atoms with van der Waals surface area (Å²) >= 11 is 13.5. The van der Waals surface area contributed by atoms with E-state index in [0.29, 0.717) is 29.4 Å². The third-order valence-electron chi connectivity index (χ3n) is 2.70. The lowest BCUT2D eigenvalue weighted by Crippen LogP contribution is -2.27. The molecule has 0 aliphatic carbocycles. The number of nitrogens with zero attached hydrogens (tertiary/aromatic N) is 2. The van der Waals surface area contributed by atoms with Gasteiger partial charge >= 0.3 is 0 Å². The zero-order valence-electron chi connectivity index (χ0n) is 11.2. The second-order valence-corrected chi connectivity index (χ2v) is 6.19. The smallest absolute Gasteiger partial charge is 0.223 e. The van der Waals surface area contributed by atoms with Crippen LogP contribution in [0.4, 0.5) is 0 Å². The maximum absolute atomic E-state index is 11.7. The summed E-state index contributed by atoms with van der Waals surface area (Å²) in [4.78, 5) is 13.3. The van der Waals surface area contributed by atoms with E-state index in [1.807, 2.05) is 18.2 Å². The van der Waals surface area contributed by atoms with Crippen molar-refractivity contribution >= 4 is 40.9 Å². The zero-order valence-corrected chi connectivity index (χ0v) is 13.6. The summed E-state index contributed by atoms with van der Waals surface area (Å²) in [5.74, 6) is 1.61. The van der Waals surface area contributed by atoms with Gasteiger partial charge in [0.25, 0.3) is 0 Å². The first-order valence-electron chi connectivity index (χ1n) is 6.17. The summed E-state index contributed by atoms with van der Waals surface area (Å²) in [5.41, 5.74) is 1.09. The predicted molar refractivity (Wildman–Crippen MR) is 85.1 cm³/mol. The van der Waals surface area contributed by atoms with Gasteiger partial charge < -0.3 is 4.90 Å². The van der Waals surface area contributed by atoms with Crippen LogP contribution in [0.15, 0.2) is 18.2 Å². The molecule has 1 rings (SSSR count). The van der Waals surface area contributed by atoms with Crippen molar-refractivity contribution in [3.05, 3.63) is 33.8 Å². The molecule has 0 bridgehead atoms. The van der Waals surface area contributed by atoms with Gasteiger partial charge in [0, 0.05) is 31.5 Å². The molecule has 0 radical (unpaired) electrons. The Balaban J connectivity index is 2.26. The molecule has 0 aromatic heterocycles. The Morgan fingerprint density at radius 3 is 2.80 bits per heavy atom. The van der Waals surface area contributed by atoms with Crippen LogP contribution in [0.25, 0.3) is 0 Å². The number of thioether (sulfide) groups is 1. The Labute approximate surface area is 133 Å². The molecule has 0 N–H and O–H groups in total. The van der Waals surface area contributed by atoms with E-state index in [1.54, 1.807) is 29.8 Å². The van der Waals surface area contributed by atoms with Crippen molar-refractivity contribution in [1.82, 2.24) is 4.90 Å². The quantitative estimate of drug-likeness (QED) is 0.710. The number of carbonyl (C=O) groups is 1. The van der Waals surface area contributed by atoms with Gasteiger partial charge in [-0.3, -0.25) is 4.79 Å². The molecule has 0 heterocycles. The van der Waals surface area contributed by atoms with Crippen LogP contribution in [0.2, 0.25) is 10.0 Å². The highest BCUT2D eigenvalue weighted by Crippen LogP contribution is 2.24. The molecule has 3 nitrogen and oxygen atoms in total. The number of hydrogen-bond donors (Lipinski definition) is 0. The minimum Gasteiger partial charge on any atom is -0.345 e. The molecule has 1 aromatic rings. The normalized spacial score (nSPS) is 10.1. The van der Waals surface area contributed by atoms with Crippen molar-refractivity contribution in [2.45, 2.75) is 18.6 Å². The van der Waals surface area contributed by atoms with Crippen LogP contribution in [-0.2, 0) is 10.5 Å². The van der Waals surface area contributed by atoms with E-state index in [1.165, 1.54) is 0 Å². The van der Waals surface area contributed by atoms with E-state index in [9.17, 15) is 4.79 Å². The van der Waals surface area contributed by atoms with Crippen molar-refractivity contribution in [1.29, 1.82) is 5.26 Å². The first-order valence-corrected chi connectivity index (χ1v) is 8.08. The Morgan fingerprint density at radius 1 is 1.40 bits per heavy atom. The fraction of sp³-hybridized carbons (Fsp3) is 0.429. The van der Waals surface area contributed by atoms with Crippen LogP contribution in [0.3, 0.4) is 0 Å². The van der Waals surface area contributed by atoms with Crippen molar-refractivity contribution in [2.75, 3.05) is 19.3 Å². The van der Waals surface area contributed by atoms with E-state index >= 15 is 0 Å². The molecular weight excluding hydrogens is 315 g/mol. The summed E-state index contributed by atoms with van der Waals surface area (Å²) in [6, 6.07) is 7.59. The zero-order chi connectivity index (χ0) is 15.0. The highest BCUT2D eigenvalue weighted by atomic mass is 35.5. The maximum Gasteiger partial charge on any atom is 0.223 e.